The third-order valence-electron chi connectivity index (χ3n) is 2.35. The number of ether oxygens (including phenoxy) is 1. The van der Waals surface area contributed by atoms with Crippen molar-refractivity contribution >= 4 is 5.97 Å². The third-order valence-corrected chi connectivity index (χ3v) is 2.35. The molecule has 15 heavy (non-hydrogen) atoms. The van der Waals surface area contributed by atoms with Gasteiger partial charge >= 0.3 is 5.97 Å². The molecule has 0 N–H and O–H groups in total. The predicted octanol–water partition coefficient (Wildman–Crippen LogP) is 3.86. The summed E-state index contributed by atoms with van der Waals surface area (Å²) >= 11 is 0. The monoisotopic (exact) mass is 212 g/mol. The summed E-state index contributed by atoms with van der Waals surface area (Å²) in [5.74, 6) is -0.0853. The van der Waals surface area contributed by atoms with Crippen LogP contribution in [-0.2, 0) is 9.53 Å². The number of methoxy groups -OCH3 is 1. The Labute approximate surface area is 93.7 Å². The maximum absolute atomic E-state index is 10.8. The van der Waals surface area contributed by atoms with Crippen LogP contribution in [0.1, 0.15) is 58.3 Å². The lowest BCUT2D eigenvalue weighted by atomic mass is 10.1. The van der Waals surface area contributed by atoms with Crippen LogP contribution in [0.25, 0.3) is 0 Å². The summed E-state index contributed by atoms with van der Waals surface area (Å²) < 4.78 is 4.57. The molecule has 88 valence electrons. The Morgan fingerprint density at radius 3 is 2.40 bits per heavy atom. The Kier molecular flexibility index (Phi) is 10.7. The number of carbonyl (C=O) groups is 1. The van der Waals surface area contributed by atoms with Crippen LogP contribution in [0.4, 0.5) is 0 Å². The molecule has 0 aromatic carbocycles. The first-order valence-electron chi connectivity index (χ1n) is 6.03. The zero-order chi connectivity index (χ0) is 11.4. The van der Waals surface area contributed by atoms with Crippen LogP contribution < -0.4 is 0 Å². The Balaban J connectivity index is 3.08. The smallest absolute Gasteiger partial charge is 0.305 e. The number of rotatable bonds is 9. The van der Waals surface area contributed by atoms with Crippen molar-refractivity contribution in [3.63, 3.8) is 0 Å². The fourth-order valence-corrected chi connectivity index (χ4v) is 1.39. The van der Waals surface area contributed by atoms with Crippen molar-refractivity contribution in [1.29, 1.82) is 0 Å². The summed E-state index contributed by atoms with van der Waals surface area (Å²) in [7, 11) is 1.45. The molecule has 0 aliphatic carbocycles. The van der Waals surface area contributed by atoms with Gasteiger partial charge in [-0.05, 0) is 25.7 Å². The summed E-state index contributed by atoms with van der Waals surface area (Å²) in [6.45, 7) is 2.19. The van der Waals surface area contributed by atoms with E-state index >= 15 is 0 Å². The first kappa shape index (κ1) is 14.2. The van der Waals surface area contributed by atoms with Crippen molar-refractivity contribution in [1.82, 2.24) is 0 Å². The molecule has 0 spiro atoms. The molecule has 2 heteroatoms. The van der Waals surface area contributed by atoms with Gasteiger partial charge in [0, 0.05) is 6.42 Å². The topological polar surface area (TPSA) is 26.3 Å². The predicted molar refractivity (Wildman–Crippen MR) is 63.8 cm³/mol. The summed E-state index contributed by atoms with van der Waals surface area (Å²) in [5, 5.41) is 0. The summed E-state index contributed by atoms with van der Waals surface area (Å²) in [4.78, 5) is 10.8. The molecule has 0 aliphatic heterocycles. The molecule has 0 heterocycles. The largest absolute Gasteiger partial charge is 0.469 e. The van der Waals surface area contributed by atoms with Crippen molar-refractivity contribution in [2.45, 2.75) is 58.3 Å². The number of carbonyl (C=O) groups excluding carboxylic acids is 1. The highest BCUT2D eigenvalue weighted by Crippen LogP contribution is 2.06. The molecule has 0 fully saturated rings. The molecule has 0 amide bonds. The van der Waals surface area contributed by atoms with Gasteiger partial charge in [0.25, 0.3) is 0 Å². The molecule has 0 bridgehead atoms. The van der Waals surface area contributed by atoms with E-state index in [-0.39, 0.29) is 5.97 Å². The highest BCUT2D eigenvalue weighted by molar-refractivity contribution is 5.68. The lowest BCUT2D eigenvalue weighted by Crippen LogP contribution is -1.98. The number of hydrogen-bond donors (Lipinski definition) is 0. The van der Waals surface area contributed by atoms with Crippen LogP contribution in [0, 0.1) is 0 Å². The van der Waals surface area contributed by atoms with Gasteiger partial charge in [-0.1, -0.05) is 38.3 Å². The Morgan fingerprint density at radius 1 is 1.07 bits per heavy atom. The quantitative estimate of drug-likeness (QED) is 0.329. The van der Waals surface area contributed by atoms with Gasteiger partial charge in [0.1, 0.15) is 0 Å². The van der Waals surface area contributed by atoms with Crippen LogP contribution in [0.5, 0.6) is 0 Å². The fourth-order valence-electron chi connectivity index (χ4n) is 1.39. The van der Waals surface area contributed by atoms with Gasteiger partial charge < -0.3 is 4.74 Å². The van der Waals surface area contributed by atoms with E-state index in [0.29, 0.717) is 6.42 Å². The summed E-state index contributed by atoms with van der Waals surface area (Å²) in [5.41, 5.74) is 0. The number of esters is 1. The average Bonchev–Trinajstić information content (AvgIpc) is 2.26. The molecule has 0 saturated carbocycles. The molecular weight excluding hydrogens is 188 g/mol. The van der Waals surface area contributed by atoms with E-state index in [0.717, 1.165) is 12.8 Å². The van der Waals surface area contributed by atoms with Gasteiger partial charge in [-0.15, -0.1) is 0 Å². The van der Waals surface area contributed by atoms with E-state index < -0.39 is 0 Å². The number of unbranched alkanes of at least 4 members (excludes halogenated alkanes) is 5. The maximum Gasteiger partial charge on any atom is 0.305 e. The highest BCUT2D eigenvalue weighted by Gasteiger charge is 1.98. The normalized spacial score (nSPS) is 10.8. The van der Waals surface area contributed by atoms with Gasteiger partial charge in [0.05, 0.1) is 7.11 Å². The van der Waals surface area contributed by atoms with E-state index in [4.69, 9.17) is 0 Å². The molecule has 0 aromatic rings. The number of allylic oxidation sites excluding steroid dienone is 2. The molecule has 0 radical (unpaired) electrons. The molecule has 2 nitrogen and oxygen atoms in total. The van der Waals surface area contributed by atoms with Gasteiger partial charge in [0.2, 0.25) is 0 Å². The van der Waals surface area contributed by atoms with Crippen LogP contribution in [0.3, 0.4) is 0 Å². The Hall–Kier alpha value is -0.790. The van der Waals surface area contributed by atoms with Crippen molar-refractivity contribution in [2.75, 3.05) is 7.11 Å². The first-order chi connectivity index (χ1) is 7.31. The fraction of sp³-hybridized carbons (Fsp3) is 0.769. The molecule has 0 aromatic heterocycles. The molecule has 0 unspecified atom stereocenters. The van der Waals surface area contributed by atoms with E-state index in [9.17, 15) is 4.79 Å². The molecule has 0 aliphatic rings. The maximum atomic E-state index is 10.8. The lowest BCUT2D eigenvalue weighted by molar-refractivity contribution is -0.140. The zero-order valence-corrected chi connectivity index (χ0v) is 10.1. The minimum absolute atomic E-state index is 0.0853. The minimum Gasteiger partial charge on any atom is -0.469 e. The lowest BCUT2D eigenvalue weighted by Gasteiger charge is -1.99. The second-order valence-electron chi connectivity index (χ2n) is 3.79. The van der Waals surface area contributed by atoms with Gasteiger partial charge in [-0.2, -0.15) is 0 Å². The standard InChI is InChI=1S/C13H24O2/c1-3-4-5-6-7-8-9-10-11-12-13(14)15-2/h5-6H,3-4,7-12H2,1-2H3/b6-5-. The minimum atomic E-state index is -0.0853. The SMILES string of the molecule is CCC/C=C\CCCCCCC(=O)OC. The number of hydrogen-bond acceptors (Lipinski definition) is 2. The van der Waals surface area contributed by atoms with E-state index in [1.54, 1.807) is 0 Å². The molecular formula is C13H24O2. The van der Waals surface area contributed by atoms with Crippen LogP contribution in [-0.4, -0.2) is 13.1 Å². The highest BCUT2D eigenvalue weighted by atomic mass is 16.5. The van der Waals surface area contributed by atoms with Gasteiger partial charge in [-0.3, -0.25) is 4.79 Å². The molecule has 0 rings (SSSR count). The van der Waals surface area contributed by atoms with E-state index in [1.165, 1.54) is 39.2 Å². The van der Waals surface area contributed by atoms with Crippen molar-refractivity contribution in [3.05, 3.63) is 12.2 Å². The molecule has 0 saturated heterocycles. The molecule has 0 atom stereocenters. The summed E-state index contributed by atoms with van der Waals surface area (Å²) in [6.07, 6.45) is 13.3. The second kappa shape index (κ2) is 11.3. The Morgan fingerprint density at radius 2 is 1.73 bits per heavy atom. The second-order valence-corrected chi connectivity index (χ2v) is 3.79. The summed E-state index contributed by atoms with van der Waals surface area (Å²) in [6, 6.07) is 0. The van der Waals surface area contributed by atoms with Crippen LogP contribution in [0.15, 0.2) is 12.2 Å². The van der Waals surface area contributed by atoms with Crippen molar-refractivity contribution in [3.8, 4) is 0 Å². The zero-order valence-electron chi connectivity index (χ0n) is 10.1. The van der Waals surface area contributed by atoms with Crippen molar-refractivity contribution in [2.24, 2.45) is 0 Å². The third kappa shape index (κ3) is 11.1. The Bertz CT molecular complexity index is 173. The first-order valence-corrected chi connectivity index (χ1v) is 6.03. The van der Waals surface area contributed by atoms with Gasteiger partial charge in [-0.25, -0.2) is 0 Å². The van der Waals surface area contributed by atoms with E-state index in [2.05, 4.69) is 23.8 Å². The van der Waals surface area contributed by atoms with E-state index in [1.807, 2.05) is 0 Å². The van der Waals surface area contributed by atoms with Gasteiger partial charge in [0.15, 0.2) is 0 Å². The van der Waals surface area contributed by atoms with Crippen LogP contribution >= 0.6 is 0 Å². The van der Waals surface area contributed by atoms with Crippen molar-refractivity contribution < 1.29 is 9.53 Å². The van der Waals surface area contributed by atoms with Crippen LogP contribution in [0.2, 0.25) is 0 Å². The average molecular weight is 212 g/mol.